The maximum Gasteiger partial charge on any atom is 0.253 e. The van der Waals surface area contributed by atoms with Crippen molar-refractivity contribution >= 4 is 11.8 Å². The van der Waals surface area contributed by atoms with Gasteiger partial charge in [-0.1, -0.05) is 17.7 Å². The fourth-order valence-corrected chi connectivity index (χ4v) is 6.21. The van der Waals surface area contributed by atoms with Crippen LogP contribution in [-0.4, -0.2) is 30.8 Å². The Hall–Kier alpha value is -2.10. The number of allylic oxidation sites excluding steroid dienone is 1. The van der Waals surface area contributed by atoms with Crippen molar-refractivity contribution in [3.05, 3.63) is 47.0 Å². The van der Waals surface area contributed by atoms with Crippen LogP contribution >= 0.6 is 0 Å². The first kappa shape index (κ1) is 19.2. The summed E-state index contributed by atoms with van der Waals surface area (Å²) in [6.07, 6.45) is 9.99. The van der Waals surface area contributed by atoms with Gasteiger partial charge in [-0.05, 0) is 86.3 Å². The number of nitrogens with one attached hydrogen (secondary N) is 1. The molecule has 0 heterocycles. The molecule has 2 amide bonds. The van der Waals surface area contributed by atoms with Crippen LogP contribution in [0.5, 0.6) is 0 Å². The third kappa shape index (κ3) is 3.74. The summed E-state index contributed by atoms with van der Waals surface area (Å²) in [6.45, 7) is 2.66. The number of benzene rings is 1. The zero-order chi connectivity index (χ0) is 19.9. The first-order valence-electron chi connectivity index (χ1n) is 10.6. The third-order valence-electron chi connectivity index (χ3n) is 7.30. The zero-order valence-electron chi connectivity index (χ0n) is 17.3. The molecular weight excluding hydrogens is 348 g/mol. The minimum Gasteiger partial charge on any atom is -0.348 e. The summed E-state index contributed by atoms with van der Waals surface area (Å²) >= 11 is 0. The van der Waals surface area contributed by atoms with E-state index in [2.05, 4.69) is 12.2 Å². The fourth-order valence-electron chi connectivity index (χ4n) is 6.21. The Labute approximate surface area is 168 Å². The van der Waals surface area contributed by atoms with E-state index in [9.17, 15) is 9.59 Å². The molecule has 0 aliphatic heterocycles. The van der Waals surface area contributed by atoms with Crippen LogP contribution in [0.3, 0.4) is 0 Å². The van der Waals surface area contributed by atoms with Crippen LogP contribution in [0.25, 0.3) is 0 Å². The molecule has 4 saturated carbocycles. The largest absolute Gasteiger partial charge is 0.348 e. The molecule has 0 saturated heterocycles. The number of hydrogen-bond acceptors (Lipinski definition) is 2. The second-order valence-electron chi connectivity index (χ2n) is 9.64. The van der Waals surface area contributed by atoms with E-state index in [1.807, 2.05) is 30.3 Å². The van der Waals surface area contributed by atoms with Crippen LogP contribution in [0, 0.1) is 23.2 Å². The lowest BCUT2D eigenvalue weighted by molar-refractivity contribution is -0.116. The quantitative estimate of drug-likeness (QED) is 0.780. The molecule has 4 aliphatic rings. The predicted molar refractivity (Wildman–Crippen MR) is 111 cm³/mol. The molecule has 4 fully saturated rings. The van der Waals surface area contributed by atoms with Crippen LogP contribution in [0.4, 0.5) is 0 Å². The van der Waals surface area contributed by atoms with Crippen molar-refractivity contribution in [1.29, 1.82) is 0 Å². The van der Waals surface area contributed by atoms with Crippen molar-refractivity contribution in [3.63, 3.8) is 0 Å². The van der Waals surface area contributed by atoms with Gasteiger partial charge >= 0.3 is 0 Å². The van der Waals surface area contributed by atoms with Gasteiger partial charge < -0.3 is 10.2 Å². The van der Waals surface area contributed by atoms with Gasteiger partial charge in [-0.15, -0.1) is 0 Å². The molecule has 4 bridgehead atoms. The van der Waals surface area contributed by atoms with Gasteiger partial charge in [-0.25, -0.2) is 0 Å². The monoisotopic (exact) mass is 380 g/mol. The van der Waals surface area contributed by atoms with Gasteiger partial charge in [0.1, 0.15) is 0 Å². The van der Waals surface area contributed by atoms with E-state index in [1.54, 1.807) is 19.0 Å². The Kier molecular flexibility index (Phi) is 5.07. The maximum atomic E-state index is 12.5. The summed E-state index contributed by atoms with van der Waals surface area (Å²) in [4.78, 5) is 26.1. The van der Waals surface area contributed by atoms with Crippen LogP contribution in [0.15, 0.2) is 35.9 Å². The molecular formula is C24H32N2O2. The minimum absolute atomic E-state index is 0.00156. The molecule has 1 aromatic carbocycles. The molecule has 0 radical (unpaired) electrons. The molecule has 0 aromatic heterocycles. The summed E-state index contributed by atoms with van der Waals surface area (Å²) in [5, 5.41) is 3.02. The molecule has 4 aliphatic carbocycles. The van der Waals surface area contributed by atoms with E-state index in [4.69, 9.17) is 0 Å². The molecule has 1 aromatic rings. The summed E-state index contributed by atoms with van der Waals surface area (Å²) in [7, 11) is 3.49. The zero-order valence-corrected chi connectivity index (χ0v) is 17.3. The predicted octanol–water partition coefficient (Wildman–Crippen LogP) is 4.17. The Balaban J connectivity index is 1.36. The normalized spacial score (nSPS) is 31.0. The van der Waals surface area contributed by atoms with Crippen molar-refractivity contribution in [2.45, 2.75) is 52.0 Å². The van der Waals surface area contributed by atoms with Crippen molar-refractivity contribution in [1.82, 2.24) is 10.2 Å². The molecule has 150 valence electrons. The lowest BCUT2D eigenvalue weighted by Gasteiger charge is -2.57. The second-order valence-corrected chi connectivity index (χ2v) is 9.64. The van der Waals surface area contributed by atoms with E-state index in [0.717, 1.165) is 23.3 Å². The van der Waals surface area contributed by atoms with Gasteiger partial charge in [-0.3, -0.25) is 9.59 Å². The van der Waals surface area contributed by atoms with Crippen molar-refractivity contribution in [2.75, 3.05) is 14.1 Å². The van der Waals surface area contributed by atoms with E-state index >= 15 is 0 Å². The molecule has 28 heavy (non-hydrogen) atoms. The molecule has 5 rings (SSSR count). The fraction of sp³-hybridized carbons (Fsp3) is 0.583. The Morgan fingerprint density at radius 1 is 1.04 bits per heavy atom. The van der Waals surface area contributed by atoms with Crippen LogP contribution < -0.4 is 5.32 Å². The number of amides is 2. The summed E-state index contributed by atoms with van der Waals surface area (Å²) in [6, 6.07) is 7.46. The van der Waals surface area contributed by atoms with Crippen molar-refractivity contribution in [3.8, 4) is 0 Å². The average molecular weight is 381 g/mol. The average Bonchev–Trinajstić information content (AvgIpc) is 2.65. The summed E-state index contributed by atoms with van der Waals surface area (Å²) in [5.74, 6) is 2.66. The highest BCUT2D eigenvalue weighted by atomic mass is 16.2. The Morgan fingerprint density at radius 2 is 1.57 bits per heavy atom. The van der Waals surface area contributed by atoms with Crippen molar-refractivity contribution in [2.24, 2.45) is 23.2 Å². The van der Waals surface area contributed by atoms with Gasteiger partial charge in [0.25, 0.3) is 5.91 Å². The molecule has 4 heteroatoms. The van der Waals surface area contributed by atoms with Gasteiger partial charge in [-0.2, -0.15) is 0 Å². The lowest BCUT2D eigenvalue weighted by Crippen LogP contribution is -2.46. The smallest absolute Gasteiger partial charge is 0.253 e. The Bertz CT molecular complexity index is 756. The second kappa shape index (κ2) is 7.38. The highest BCUT2D eigenvalue weighted by Gasteiger charge is 2.51. The van der Waals surface area contributed by atoms with Crippen LogP contribution in [0.2, 0.25) is 0 Å². The number of carbonyl (C=O) groups is 2. The number of hydrogen-bond donors (Lipinski definition) is 1. The summed E-state index contributed by atoms with van der Waals surface area (Å²) < 4.78 is 0. The molecule has 0 spiro atoms. The Morgan fingerprint density at radius 3 is 2.07 bits per heavy atom. The van der Waals surface area contributed by atoms with E-state index in [-0.39, 0.29) is 11.8 Å². The van der Waals surface area contributed by atoms with Gasteiger partial charge in [0.2, 0.25) is 5.91 Å². The summed E-state index contributed by atoms with van der Waals surface area (Å²) in [5.41, 5.74) is 3.25. The first-order valence-corrected chi connectivity index (χ1v) is 10.6. The van der Waals surface area contributed by atoms with E-state index < -0.39 is 0 Å². The van der Waals surface area contributed by atoms with E-state index in [1.165, 1.54) is 44.1 Å². The van der Waals surface area contributed by atoms with Crippen LogP contribution in [-0.2, 0) is 11.3 Å². The molecule has 1 N–H and O–H groups in total. The highest BCUT2D eigenvalue weighted by Crippen LogP contribution is 2.62. The standard InChI is InChI=1S/C24H32N2O2/c1-16(24-12-18-9-19(13-24)11-20(10-18)14-24)8-22(27)25-15-17-4-6-21(7-5-17)23(28)26(2)3/h4-8,18-20H,9-15H2,1-3H3,(H,25,27)/b16-8-. The van der Waals surface area contributed by atoms with Gasteiger partial charge in [0.05, 0.1) is 0 Å². The van der Waals surface area contributed by atoms with E-state index in [0.29, 0.717) is 17.5 Å². The lowest BCUT2D eigenvalue weighted by atomic mass is 9.48. The molecule has 0 atom stereocenters. The highest BCUT2D eigenvalue weighted by molar-refractivity contribution is 5.93. The van der Waals surface area contributed by atoms with Gasteiger partial charge in [0.15, 0.2) is 0 Å². The minimum atomic E-state index is -0.00952. The number of nitrogens with zero attached hydrogens (tertiary/aromatic N) is 1. The number of rotatable bonds is 5. The third-order valence-corrected chi connectivity index (χ3v) is 7.30. The molecule has 4 nitrogen and oxygen atoms in total. The topological polar surface area (TPSA) is 49.4 Å². The number of carbonyl (C=O) groups excluding carboxylic acids is 2. The van der Waals surface area contributed by atoms with Crippen molar-refractivity contribution < 1.29 is 9.59 Å². The van der Waals surface area contributed by atoms with Gasteiger partial charge in [0, 0.05) is 32.3 Å². The SMILES string of the molecule is C/C(=C/C(=O)NCc1ccc(C(=O)N(C)C)cc1)C12CC3CC(CC(C3)C1)C2. The first-order chi connectivity index (χ1) is 13.3. The van der Waals surface area contributed by atoms with Crippen LogP contribution in [0.1, 0.15) is 61.4 Å². The molecule has 0 unspecified atom stereocenters. The maximum absolute atomic E-state index is 12.5.